The Balaban J connectivity index is 3.28. The largest absolute Gasteiger partial charge is 0.135 e. The molecule has 0 aromatic rings. The van der Waals surface area contributed by atoms with Gasteiger partial charge >= 0.3 is 0 Å². The Labute approximate surface area is 97.2 Å². The van der Waals surface area contributed by atoms with E-state index in [0.717, 1.165) is 12.8 Å². The first-order valence-corrected chi connectivity index (χ1v) is 6.48. The molecule has 0 aliphatic heterocycles. The lowest BCUT2D eigenvalue weighted by atomic mass is 10.4. The van der Waals surface area contributed by atoms with Crippen molar-refractivity contribution in [1.82, 2.24) is 0 Å². The molecule has 0 atom stereocenters. The van der Waals surface area contributed by atoms with Crippen LogP contribution >= 0.6 is 79.6 Å². The number of alkyl halides is 5. The number of rotatable bonds is 2. The van der Waals surface area contributed by atoms with Gasteiger partial charge in [0.15, 0.2) is 0 Å². The molecule has 0 aliphatic rings. The Morgan fingerprint density at radius 2 is 1.56 bits per heavy atom. The normalized spacial score (nSPS) is 12.7. The van der Waals surface area contributed by atoms with Crippen LogP contribution in [0.3, 0.4) is 0 Å². The maximum absolute atomic E-state index is 3.40. The van der Waals surface area contributed by atoms with Gasteiger partial charge in [-0.25, -0.2) is 0 Å². The maximum Gasteiger partial charge on any atom is 0.135 e. The topological polar surface area (TPSA) is 0 Å². The van der Waals surface area contributed by atoms with E-state index in [-0.39, 0.29) is 2.14 Å². The summed E-state index contributed by atoms with van der Waals surface area (Å²) in [6, 6.07) is 0. The van der Waals surface area contributed by atoms with E-state index in [0.29, 0.717) is 3.74 Å². The molecule has 56 valence electrons. The van der Waals surface area contributed by atoms with Gasteiger partial charge in [-0.2, -0.15) is 0 Å². The molecular formula is C4H5Br5. The lowest BCUT2D eigenvalue weighted by Gasteiger charge is -2.11. The van der Waals surface area contributed by atoms with E-state index in [1.165, 1.54) is 0 Å². The highest BCUT2D eigenvalue weighted by atomic mass is 80.0. The van der Waals surface area contributed by atoms with Crippen molar-refractivity contribution in [2.24, 2.45) is 0 Å². The summed E-state index contributed by atoms with van der Waals surface area (Å²) in [6.07, 6.45) is 2.07. The monoisotopic (exact) mass is 448 g/mol. The summed E-state index contributed by atoms with van der Waals surface area (Å²) >= 11 is 17.0. The van der Waals surface area contributed by atoms with E-state index in [9.17, 15) is 0 Å². The van der Waals surface area contributed by atoms with Crippen LogP contribution in [0.4, 0.5) is 0 Å². The van der Waals surface area contributed by atoms with Crippen molar-refractivity contribution in [2.45, 2.75) is 18.7 Å². The first-order chi connectivity index (χ1) is 3.92. The average molecular weight is 453 g/mol. The molecule has 9 heavy (non-hydrogen) atoms. The van der Waals surface area contributed by atoms with Gasteiger partial charge in [0.05, 0.1) is 3.74 Å². The van der Waals surface area contributed by atoms with Gasteiger partial charge in [-0.05, 0) is 12.8 Å². The molecule has 0 radical (unpaired) electrons. The molecule has 0 aromatic carbocycles. The SMILES string of the molecule is BrC(Br)CCC(Br)(Br)Br. The fourth-order valence-corrected chi connectivity index (χ4v) is 1.42. The minimum absolute atomic E-state index is 0.0905. The lowest BCUT2D eigenvalue weighted by Crippen LogP contribution is -2.00. The summed E-state index contributed by atoms with van der Waals surface area (Å²) in [5.41, 5.74) is 0. The van der Waals surface area contributed by atoms with E-state index in [1.807, 2.05) is 0 Å². The van der Waals surface area contributed by atoms with E-state index >= 15 is 0 Å². The van der Waals surface area contributed by atoms with Crippen molar-refractivity contribution < 1.29 is 0 Å². The third-order valence-corrected chi connectivity index (χ3v) is 2.75. The van der Waals surface area contributed by atoms with Crippen LogP contribution in [-0.2, 0) is 0 Å². The van der Waals surface area contributed by atoms with Crippen molar-refractivity contribution in [3.05, 3.63) is 0 Å². The second kappa shape index (κ2) is 5.12. The first-order valence-electron chi connectivity index (χ1n) is 2.27. The minimum atomic E-state index is -0.0905. The molecule has 0 aromatic heterocycles. The van der Waals surface area contributed by atoms with E-state index in [1.54, 1.807) is 0 Å². The summed E-state index contributed by atoms with van der Waals surface area (Å²) in [7, 11) is 0. The molecule has 0 nitrogen and oxygen atoms in total. The van der Waals surface area contributed by atoms with Crippen LogP contribution in [0.5, 0.6) is 0 Å². The van der Waals surface area contributed by atoms with E-state index in [2.05, 4.69) is 79.6 Å². The number of halogens is 5. The van der Waals surface area contributed by atoms with Gasteiger partial charge in [0, 0.05) is 0 Å². The predicted molar refractivity (Wildman–Crippen MR) is 60.4 cm³/mol. The van der Waals surface area contributed by atoms with Gasteiger partial charge in [0.1, 0.15) is 2.14 Å². The van der Waals surface area contributed by atoms with Crippen LogP contribution in [0.15, 0.2) is 0 Å². The molecule has 0 bridgehead atoms. The second-order valence-electron chi connectivity index (χ2n) is 1.54. The molecule has 0 rings (SSSR count). The fraction of sp³-hybridized carbons (Fsp3) is 1.00. The van der Waals surface area contributed by atoms with Crippen molar-refractivity contribution in [1.29, 1.82) is 0 Å². The van der Waals surface area contributed by atoms with Crippen LogP contribution in [0.2, 0.25) is 0 Å². The Hall–Kier alpha value is 2.40. The zero-order valence-electron chi connectivity index (χ0n) is 4.38. The van der Waals surface area contributed by atoms with Gasteiger partial charge in [0.25, 0.3) is 0 Å². The minimum Gasteiger partial charge on any atom is -0.0765 e. The van der Waals surface area contributed by atoms with Crippen molar-refractivity contribution >= 4 is 79.6 Å². The molecular weight excluding hydrogens is 448 g/mol. The lowest BCUT2D eigenvalue weighted by molar-refractivity contribution is 0.862. The number of hydrogen-bond donors (Lipinski definition) is 0. The zero-order valence-corrected chi connectivity index (χ0v) is 12.3. The Bertz CT molecular complexity index is 73.5. The van der Waals surface area contributed by atoms with E-state index in [4.69, 9.17) is 0 Å². The molecule has 0 spiro atoms. The standard InChI is InChI=1S/C4H5Br5/c5-3(6)1-2-4(7,8)9/h3H,1-2H2. The summed E-state index contributed by atoms with van der Waals surface area (Å²) in [6.45, 7) is 0. The third kappa shape index (κ3) is 10.4. The van der Waals surface area contributed by atoms with Crippen LogP contribution in [0.25, 0.3) is 0 Å². The molecule has 0 saturated carbocycles. The van der Waals surface area contributed by atoms with Gasteiger partial charge in [0.2, 0.25) is 0 Å². The molecule has 0 saturated heterocycles. The third-order valence-electron chi connectivity index (χ3n) is 0.646. The average Bonchev–Trinajstić information content (AvgIpc) is 1.59. The van der Waals surface area contributed by atoms with Gasteiger partial charge in [-0.1, -0.05) is 79.6 Å². The zero-order chi connectivity index (χ0) is 7.49. The second-order valence-corrected chi connectivity index (χ2v) is 12.2. The quantitative estimate of drug-likeness (QED) is 0.532. The predicted octanol–water partition coefficient (Wildman–Crippen LogP) is 4.72. The summed E-state index contributed by atoms with van der Waals surface area (Å²) in [5.74, 6) is 0. The van der Waals surface area contributed by atoms with E-state index < -0.39 is 0 Å². The molecule has 0 heterocycles. The van der Waals surface area contributed by atoms with Crippen LogP contribution in [0.1, 0.15) is 12.8 Å². The molecule has 0 fully saturated rings. The summed E-state index contributed by atoms with van der Waals surface area (Å²) < 4.78 is 0.310. The Morgan fingerprint density at radius 3 is 1.67 bits per heavy atom. The highest BCUT2D eigenvalue weighted by molar-refractivity contribution is 9.39. The van der Waals surface area contributed by atoms with Gasteiger partial charge in [-0.3, -0.25) is 0 Å². The summed E-state index contributed by atoms with van der Waals surface area (Å²) in [4.78, 5) is 0. The first kappa shape index (κ1) is 11.4. The highest BCUT2D eigenvalue weighted by Gasteiger charge is 2.17. The van der Waals surface area contributed by atoms with Crippen molar-refractivity contribution in [2.75, 3.05) is 0 Å². The van der Waals surface area contributed by atoms with Gasteiger partial charge in [-0.15, -0.1) is 0 Å². The molecule has 5 heteroatoms. The molecule has 0 N–H and O–H groups in total. The Morgan fingerprint density at radius 1 is 1.11 bits per heavy atom. The number of hydrogen-bond acceptors (Lipinski definition) is 0. The highest BCUT2D eigenvalue weighted by Crippen LogP contribution is 2.39. The van der Waals surface area contributed by atoms with Crippen molar-refractivity contribution in [3.8, 4) is 0 Å². The molecule has 0 amide bonds. The van der Waals surface area contributed by atoms with Gasteiger partial charge < -0.3 is 0 Å². The Kier molecular flexibility index (Phi) is 6.48. The smallest absolute Gasteiger partial charge is 0.0765 e. The fourth-order valence-electron chi connectivity index (χ4n) is 0.273. The van der Waals surface area contributed by atoms with Crippen LogP contribution in [0, 0.1) is 0 Å². The molecule has 0 unspecified atom stereocenters. The summed E-state index contributed by atoms with van der Waals surface area (Å²) in [5, 5.41) is 0. The van der Waals surface area contributed by atoms with Crippen LogP contribution in [-0.4, -0.2) is 5.88 Å². The van der Waals surface area contributed by atoms with Crippen molar-refractivity contribution in [3.63, 3.8) is 0 Å². The van der Waals surface area contributed by atoms with Crippen LogP contribution < -0.4 is 0 Å². The maximum atomic E-state index is 3.40. The molecule has 0 aliphatic carbocycles.